The molecule has 0 amide bonds. The van der Waals surface area contributed by atoms with E-state index >= 15 is 0 Å². The molecule has 2 saturated carbocycles. The molecule has 1 aromatic rings. The Kier molecular flexibility index (Phi) is 2.79. The van der Waals surface area contributed by atoms with Crippen LogP contribution in [0.15, 0.2) is 12.1 Å². The third kappa shape index (κ3) is 2.44. The Hall–Kier alpha value is -1.09. The van der Waals surface area contributed by atoms with Crippen LogP contribution in [0.4, 0.5) is 5.82 Å². The van der Waals surface area contributed by atoms with Crippen LogP contribution in [0.1, 0.15) is 36.9 Å². The molecule has 0 saturated heterocycles. The first-order chi connectivity index (χ1) is 8.28. The monoisotopic (exact) mass is 231 g/mol. The van der Waals surface area contributed by atoms with Crippen molar-refractivity contribution in [2.75, 3.05) is 11.4 Å². The summed E-state index contributed by atoms with van der Waals surface area (Å²) in [7, 11) is 0. The van der Waals surface area contributed by atoms with Crippen LogP contribution in [-0.4, -0.2) is 17.6 Å². The third-order valence-corrected chi connectivity index (χ3v) is 3.83. The van der Waals surface area contributed by atoms with Gasteiger partial charge in [0.1, 0.15) is 5.82 Å². The van der Waals surface area contributed by atoms with E-state index in [4.69, 9.17) is 10.7 Å². The van der Waals surface area contributed by atoms with Crippen LogP contribution >= 0.6 is 0 Å². The molecule has 3 rings (SSSR count). The number of nitrogens with two attached hydrogens (primary N) is 1. The van der Waals surface area contributed by atoms with Gasteiger partial charge < -0.3 is 10.6 Å². The van der Waals surface area contributed by atoms with Crippen LogP contribution in [0.25, 0.3) is 0 Å². The molecule has 0 atom stereocenters. The summed E-state index contributed by atoms with van der Waals surface area (Å²) >= 11 is 0. The molecule has 2 aliphatic rings. The summed E-state index contributed by atoms with van der Waals surface area (Å²) in [5.41, 5.74) is 7.94. The summed E-state index contributed by atoms with van der Waals surface area (Å²) < 4.78 is 0. The number of anilines is 1. The van der Waals surface area contributed by atoms with Crippen molar-refractivity contribution in [2.45, 2.75) is 45.2 Å². The smallest absolute Gasteiger partial charge is 0.129 e. The predicted octanol–water partition coefficient (Wildman–Crippen LogP) is 2.23. The molecule has 0 bridgehead atoms. The van der Waals surface area contributed by atoms with Gasteiger partial charge >= 0.3 is 0 Å². The first-order valence-corrected chi connectivity index (χ1v) is 6.71. The Morgan fingerprint density at radius 1 is 1.29 bits per heavy atom. The van der Waals surface area contributed by atoms with E-state index in [2.05, 4.69) is 24.0 Å². The maximum Gasteiger partial charge on any atom is 0.129 e. The number of hydrogen-bond acceptors (Lipinski definition) is 3. The number of aryl methyl sites for hydroxylation is 1. The average molecular weight is 231 g/mol. The van der Waals surface area contributed by atoms with Crippen molar-refractivity contribution in [3.8, 4) is 0 Å². The molecule has 17 heavy (non-hydrogen) atoms. The SMILES string of the molecule is Cc1nc(N(CC2CC2)C2CC2)ccc1CN. The minimum Gasteiger partial charge on any atom is -0.353 e. The van der Waals surface area contributed by atoms with Crippen molar-refractivity contribution in [2.24, 2.45) is 11.7 Å². The molecular weight excluding hydrogens is 210 g/mol. The molecule has 0 spiro atoms. The van der Waals surface area contributed by atoms with Gasteiger partial charge in [-0.25, -0.2) is 4.98 Å². The Labute approximate surface area is 103 Å². The maximum atomic E-state index is 5.69. The largest absolute Gasteiger partial charge is 0.353 e. The van der Waals surface area contributed by atoms with Gasteiger partial charge in [-0.1, -0.05) is 6.07 Å². The standard InChI is InChI=1S/C14H21N3/c1-10-12(8-15)4-7-14(16-10)17(13-5-6-13)9-11-2-3-11/h4,7,11,13H,2-3,5-6,8-9,15H2,1H3. The normalized spacial score (nSPS) is 19.4. The molecule has 0 aromatic carbocycles. The van der Waals surface area contributed by atoms with Crippen LogP contribution in [0, 0.1) is 12.8 Å². The lowest BCUT2D eigenvalue weighted by molar-refractivity contribution is 0.707. The second-order valence-corrected chi connectivity index (χ2v) is 5.45. The summed E-state index contributed by atoms with van der Waals surface area (Å²) in [6.45, 7) is 3.86. The molecule has 2 fully saturated rings. The number of rotatable bonds is 5. The number of hydrogen-bond donors (Lipinski definition) is 1. The van der Waals surface area contributed by atoms with Gasteiger partial charge in [-0.15, -0.1) is 0 Å². The third-order valence-electron chi connectivity index (χ3n) is 3.83. The van der Waals surface area contributed by atoms with Crippen LogP contribution in [0.3, 0.4) is 0 Å². The zero-order valence-corrected chi connectivity index (χ0v) is 10.5. The summed E-state index contributed by atoms with van der Waals surface area (Å²) in [6.07, 6.45) is 5.49. The minimum absolute atomic E-state index is 0.588. The topological polar surface area (TPSA) is 42.2 Å². The van der Waals surface area contributed by atoms with E-state index in [9.17, 15) is 0 Å². The van der Waals surface area contributed by atoms with Crippen molar-refractivity contribution >= 4 is 5.82 Å². The highest BCUT2D eigenvalue weighted by molar-refractivity contribution is 5.44. The first kappa shape index (κ1) is 11.0. The lowest BCUT2D eigenvalue weighted by atomic mass is 10.2. The summed E-state index contributed by atoms with van der Waals surface area (Å²) in [5, 5.41) is 0. The van der Waals surface area contributed by atoms with E-state index in [0.717, 1.165) is 29.0 Å². The van der Waals surface area contributed by atoms with E-state index in [1.54, 1.807) is 0 Å². The molecular formula is C14H21N3. The fourth-order valence-electron chi connectivity index (χ4n) is 2.35. The molecule has 0 aliphatic heterocycles. The fraction of sp³-hybridized carbons (Fsp3) is 0.643. The van der Waals surface area contributed by atoms with Crippen molar-refractivity contribution in [1.82, 2.24) is 4.98 Å². The molecule has 2 N–H and O–H groups in total. The van der Waals surface area contributed by atoms with E-state index in [1.165, 1.54) is 32.2 Å². The fourth-order valence-corrected chi connectivity index (χ4v) is 2.35. The highest BCUT2D eigenvalue weighted by Gasteiger charge is 2.34. The van der Waals surface area contributed by atoms with Gasteiger partial charge in [-0.3, -0.25) is 0 Å². The van der Waals surface area contributed by atoms with Gasteiger partial charge in [0.2, 0.25) is 0 Å². The van der Waals surface area contributed by atoms with Gasteiger partial charge in [0.15, 0.2) is 0 Å². The zero-order chi connectivity index (χ0) is 11.8. The van der Waals surface area contributed by atoms with Crippen LogP contribution in [0.2, 0.25) is 0 Å². The van der Waals surface area contributed by atoms with E-state index in [0.29, 0.717) is 6.54 Å². The average Bonchev–Trinajstić information content (AvgIpc) is 3.17. The predicted molar refractivity (Wildman–Crippen MR) is 70.0 cm³/mol. The van der Waals surface area contributed by atoms with Crippen molar-refractivity contribution < 1.29 is 0 Å². The summed E-state index contributed by atoms with van der Waals surface area (Å²) in [5.74, 6) is 2.08. The molecule has 3 heteroatoms. The van der Waals surface area contributed by atoms with Crippen molar-refractivity contribution in [1.29, 1.82) is 0 Å². The van der Waals surface area contributed by atoms with E-state index < -0.39 is 0 Å². The number of pyridine rings is 1. The maximum absolute atomic E-state index is 5.69. The Bertz CT molecular complexity index is 408. The molecule has 1 aromatic heterocycles. The minimum atomic E-state index is 0.588. The van der Waals surface area contributed by atoms with Crippen LogP contribution in [0.5, 0.6) is 0 Å². The summed E-state index contributed by atoms with van der Waals surface area (Å²) in [4.78, 5) is 7.25. The van der Waals surface area contributed by atoms with Crippen LogP contribution < -0.4 is 10.6 Å². The Balaban J connectivity index is 1.81. The quantitative estimate of drug-likeness (QED) is 0.845. The summed E-state index contributed by atoms with van der Waals surface area (Å²) in [6, 6.07) is 5.04. The van der Waals surface area contributed by atoms with Gasteiger partial charge in [0.25, 0.3) is 0 Å². The van der Waals surface area contributed by atoms with Gasteiger partial charge in [-0.05, 0) is 50.2 Å². The number of aromatic nitrogens is 1. The van der Waals surface area contributed by atoms with Crippen molar-refractivity contribution in [3.63, 3.8) is 0 Å². The van der Waals surface area contributed by atoms with Gasteiger partial charge in [0, 0.05) is 24.8 Å². The van der Waals surface area contributed by atoms with Gasteiger partial charge in [0.05, 0.1) is 0 Å². The Morgan fingerprint density at radius 3 is 2.59 bits per heavy atom. The lowest BCUT2D eigenvalue weighted by Gasteiger charge is -2.24. The van der Waals surface area contributed by atoms with E-state index in [-0.39, 0.29) is 0 Å². The molecule has 2 aliphatic carbocycles. The van der Waals surface area contributed by atoms with Crippen LogP contribution in [-0.2, 0) is 6.54 Å². The molecule has 0 unspecified atom stereocenters. The second-order valence-electron chi connectivity index (χ2n) is 5.45. The van der Waals surface area contributed by atoms with Gasteiger partial charge in [-0.2, -0.15) is 0 Å². The highest BCUT2D eigenvalue weighted by atomic mass is 15.2. The second kappa shape index (κ2) is 4.30. The number of nitrogens with zero attached hydrogens (tertiary/aromatic N) is 2. The zero-order valence-electron chi connectivity index (χ0n) is 10.5. The first-order valence-electron chi connectivity index (χ1n) is 6.71. The van der Waals surface area contributed by atoms with Crippen molar-refractivity contribution in [3.05, 3.63) is 23.4 Å². The molecule has 1 heterocycles. The van der Waals surface area contributed by atoms with E-state index in [1.807, 2.05) is 0 Å². The molecule has 0 radical (unpaired) electrons. The molecule has 92 valence electrons. The Morgan fingerprint density at radius 2 is 2.06 bits per heavy atom. The highest BCUT2D eigenvalue weighted by Crippen LogP contribution is 2.37. The molecule has 3 nitrogen and oxygen atoms in total. The lowest BCUT2D eigenvalue weighted by Crippen LogP contribution is -2.29.